The van der Waals surface area contributed by atoms with E-state index in [1.54, 1.807) is 24.3 Å². The number of sulfone groups is 1. The van der Waals surface area contributed by atoms with Crippen LogP contribution in [-0.2, 0) is 9.84 Å². The molecule has 0 aliphatic carbocycles. The van der Waals surface area contributed by atoms with Gasteiger partial charge in [-0.3, -0.25) is 4.79 Å². The van der Waals surface area contributed by atoms with Crippen LogP contribution in [-0.4, -0.2) is 43.3 Å². The number of ether oxygens (including phenoxy) is 1. The second-order valence-electron chi connectivity index (χ2n) is 7.14. The van der Waals surface area contributed by atoms with E-state index in [1.165, 1.54) is 29.2 Å². The smallest absolute Gasteiger partial charge is 0.254 e. The fourth-order valence-electron chi connectivity index (χ4n) is 2.95. The molecule has 0 bridgehead atoms. The summed E-state index contributed by atoms with van der Waals surface area (Å²) in [7, 11) is -3.17. The van der Waals surface area contributed by atoms with Gasteiger partial charge in [0, 0.05) is 18.7 Å². The molecule has 1 heterocycles. The molecule has 0 N–H and O–H groups in total. The molecule has 1 amide bonds. The van der Waals surface area contributed by atoms with Crippen LogP contribution in [0.25, 0.3) is 0 Å². The lowest BCUT2D eigenvalue weighted by Crippen LogP contribution is -2.57. The van der Waals surface area contributed by atoms with Crippen molar-refractivity contribution in [2.24, 2.45) is 5.92 Å². The molecule has 0 atom stereocenters. The van der Waals surface area contributed by atoms with Crippen molar-refractivity contribution < 1.29 is 22.3 Å². The van der Waals surface area contributed by atoms with Gasteiger partial charge in [-0.2, -0.15) is 0 Å². The van der Waals surface area contributed by atoms with Gasteiger partial charge in [0.1, 0.15) is 17.3 Å². The van der Waals surface area contributed by atoms with Crippen LogP contribution in [0.5, 0.6) is 11.5 Å². The lowest BCUT2D eigenvalue weighted by atomic mass is 10.1. The van der Waals surface area contributed by atoms with Crippen molar-refractivity contribution in [3.05, 3.63) is 59.9 Å². The highest BCUT2D eigenvalue weighted by molar-refractivity contribution is 7.92. The fraction of sp³-hybridized carbons (Fsp3) is 0.350. The van der Waals surface area contributed by atoms with Gasteiger partial charge in [-0.25, -0.2) is 12.8 Å². The van der Waals surface area contributed by atoms with Crippen LogP contribution >= 0.6 is 0 Å². The lowest BCUT2D eigenvalue weighted by molar-refractivity contribution is 0.0658. The van der Waals surface area contributed by atoms with Crippen molar-refractivity contribution in [2.45, 2.75) is 19.1 Å². The highest BCUT2D eigenvalue weighted by Gasteiger charge is 2.39. The number of hydrogen-bond acceptors (Lipinski definition) is 4. The van der Waals surface area contributed by atoms with E-state index >= 15 is 0 Å². The molecule has 0 saturated carbocycles. The minimum Gasteiger partial charge on any atom is -0.457 e. The molecule has 27 heavy (non-hydrogen) atoms. The van der Waals surface area contributed by atoms with Crippen molar-refractivity contribution >= 4 is 15.7 Å². The van der Waals surface area contributed by atoms with Gasteiger partial charge in [-0.05, 0) is 48.4 Å². The molecule has 3 rings (SSSR count). The largest absolute Gasteiger partial charge is 0.457 e. The Labute approximate surface area is 158 Å². The van der Waals surface area contributed by atoms with E-state index in [2.05, 4.69) is 0 Å². The summed E-state index contributed by atoms with van der Waals surface area (Å²) in [6.07, 6.45) is 0. The van der Waals surface area contributed by atoms with Gasteiger partial charge in [-0.1, -0.05) is 19.9 Å². The quantitative estimate of drug-likeness (QED) is 0.756. The monoisotopic (exact) mass is 391 g/mol. The second-order valence-corrected chi connectivity index (χ2v) is 9.47. The summed E-state index contributed by atoms with van der Waals surface area (Å²) in [6.45, 7) is 4.17. The van der Waals surface area contributed by atoms with E-state index in [1.807, 2.05) is 13.8 Å². The Morgan fingerprint density at radius 2 is 1.81 bits per heavy atom. The number of carbonyl (C=O) groups excluding carboxylic acids is 1. The fourth-order valence-corrected chi connectivity index (χ4v) is 4.96. The van der Waals surface area contributed by atoms with Gasteiger partial charge in [0.2, 0.25) is 0 Å². The summed E-state index contributed by atoms with van der Waals surface area (Å²) in [5.41, 5.74) is 0.425. The minimum atomic E-state index is -3.17. The van der Waals surface area contributed by atoms with Crippen molar-refractivity contribution in [2.75, 3.05) is 18.8 Å². The van der Waals surface area contributed by atoms with Gasteiger partial charge >= 0.3 is 0 Å². The molecule has 7 heteroatoms. The van der Waals surface area contributed by atoms with Crippen LogP contribution in [0, 0.1) is 11.7 Å². The molecule has 1 saturated heterocycles. The third-order valence-corrected chi connectivity index (χ3v) is 6.78. The molecule has 1 aliphatic rings. The predicted molar refractivity (Wildman–Crippen MR) is 101 cm³/mol. The SMILES string of the molecule is CC(C)CS(=O)(=O)C1CN(C(=O)c2cccc(Oc3ccc(F)cc3)c2)C1. The summed E-state index contributed by atoms with van der Waals surface area (Å²) in [4.78, 5) is 14.1. The Morgan fingerprint density at radius 3 is 2.44 bits per heavy atom. The zero-order valence-electron chi connectivity index (χ0n) is 15.3. The molecule has 1 fully saturated rings. The maximum atomic E-state index is 13.0. The van der Waals surface area contributed by atoms with Gasteiger partial charge < -0.3 is 9.64 Å². The highest BCUT2D eigenvalue weighted by atomic mass is 32.2. The molecule has 1 aliphatic heterocycles. The number of benzene rings is 2. The van der Waals surface area contributed by atoms with Crippen LogP contribution in [0.3, 0.4) is 0 Å². The Hall–Kier alpha value is -2.41. The Morgan fingerprint density at radius 1 is 1.15 bits per heavy atom. The first-order chi connectivity index (χ1) is 12.7. The first kappa shape index (κ1) is 19.4. The van der Waals surface area contributed by atoms with Crippen molar-refractivity contribution in [1.29, 1.82) is 0 Å². The lowest BCUT2D eigenvalue weighted by Gasteiger charge is -2.39. The van der Waals surface area contributed by atoms with Crippen LogP contribution < -0.4 is 4.74 Å². The maximum absolute atomic E-state index is 13.0. The molecular weight excluding hydrogens is 369 g/mol. The molecule has 2 aromatic carbocycles. The molecule has 0 unspecified atom stereocenters. The average molecular weight is 391 g/mol. The minimum absolute atomic E-state index is 0.0695. The molecule has 0 spiro atoms. The summed E-state index contributed by atoms with van der Waals surface area (Å²) in [5.74, 6) is 0.545. The van der Waals surface area contributed by atoms with Crippen LogP contribution in [0.1, 0.15) is 24.2 Å². The first-order valence-electron chi connectivity index (χ1n) is 8.79. The Kier molecular flexibility index (Phi) is 5.51. The Bertz CT molecular complexity index is 919. The third-order valence-electron chi connectivity index (χ3n) is 4.34. The normalized spacial score (nSPS) is 14.9. The van der Waals surface area contributed by atoms with Crippen molar-refractivity contribution in [1.82, 2.24) is 4.90 Å². The molecule has 2 aromatic rings. The Balaban J connectivity index is 1.64. The van der Waals surface area contributed by atoms with Gasteiger partial charge in [0.05, 0.1) is 11.0 Å². The van der Waals surface area contributed by atoms with Gasteiger partial charge in [-0.15, -0.1) is 0 Å². The zero-order chi connectivity index (χ0) is 19.6. The third kappa shape index (κ3) is 4.66. The molecule has 144 valence electrons. The number of rotatable bonds is 6. The summed E-state index contributed by atoms with van der Waals surface area (Å²) >= 11 is 0. The van der Waals surface area contributed by atoms with E-state index in [0.29, 0.717) is 17.1 Å². The summed E-state index contributed by atoms with van der Waals surface area (Å²) in [5, 5.41) is -0.484. The highest BCUT2D eigenvalue weighted by Crippen LogP contribution is 2.25. The predicted octanol–water partition coefficient (Wildman–Crippen LogP) is 3.51. The van der Waals surface area contributed by atoms with Crippen LogP contribution in [0.4, 0.5) is 4.39 Å². The van der Waals surface area contributed by atoms with E-state index < -0.39 is 15.1 Å². The van der Waals surface area contributed by atoms with E-state index in [0.717, 1.165) is 0 Å². The number of halogens is 1. The van der Waals surface area contributed by atoms with E-state index in [4.69, 9.17) is 4.74 Å². The van der Waals surface area contributed by atoms with Gasteiger partial charge in [0.25, 0.3) is 5.91 Å². The van der Waals surface area contributed by atoms with Crippen molar-refractivity contribution in [3.8, 4) is 11.5 Å². The second kappa shape index (κ2) is 7.68. The van der Waals surface area contributed by atoms with Gasteiger partial charge in [0.15, 0.2) is 9.84 Å². The number of hydrogen-bond donors (Lipinski definition) is 0. The average Bonchev–Trinajstić information content (AvgIpc) is 2.54. The summed E-state index contributed by atoms with van der Waals surface area (Å²) < 4.78 is 43.1. The number of amides is 1. The number of likely N-dealkylation sites (tertiary alicyclic amines) is 1. The first-order valence-corrected chi connectivity index (χ1v) is 10.5. The standard InChI is InChI=1S/C20H22FNO4S/c1-14(2)13-27(24,25)19-11-22(12-19)20(23)15-4-3-5-18(10-15)26-17-8-6-16(21)7-9-17/h3-10,14,19H,11-13H2,1-2H3. The van der Waals surface area contributed by atoms with E-state index in [-0.39, 0.29) is 36.5 Å². The van der Waals surface area contributed by atoms with Crippen molar-refractivity contribution in [3.63, 3.8) is 0 Å². The topological polar surface area (TPSA) is 63.7 Å². The van der Waals surface area contributed by atoms with E-state index in [9.17, 15) is 17.6 Å². The molecular formula is C20H22FNO4S. The molecule has 0 radical (unpaired) electrons. The number of nitrogens with zero attached hydrogens (tertiary/aromatic N) is 1. The van der Waals surface area contributed by atoms with Crippen LogP contribution in [0.2, 0.25) is 0 Å². The summed E-state index contributed by atoms with van der Waals surface area (Å²) in [6, 6.07) is 12.2. The maximum Gasteiger partial charge on any atom is 0.254 e. The zero-order valence-corrected chi connectivity index (χ0v) is 16.1. The van der Waals surface area contributed by atoms with Crippen LogP contribution in [0.15, 0.2) is 48.5 Å². The molecule has 5 nitrogen and oxygen atoms in total. The molecule has 0 aromatic heterocycles. The number of carbonyl (C=O) groups is 1.